The van der Waals surface area contributed by atoms with Crippen molar-refractivity contribution in [1.29, 1.82) is 0 Å². The number of benzene rings is 1. The van der Waals surface area contributed by atoms with Crippen molar-refractivity contribution < 1.29 is 5.11 Å². The second kappa shape index (κ2) is 4.85. The molecule has 2 N–H and O–H groups in total. The van der Waals surface area contributed by atoms with Crippen molar-refractivity contribution >= 4 is 10.9 Å². The predicted octanol–water partition coefficient (Wildman–Crippen LogP) is 3.28. The SMILES string of the molecule is CC[C@H]1[C@@H]2CCN(C)[C@H]1c1c([nH]c3ccccc13)[C@H]2CO. The maximum atomic E-state index is 10.0. The van der Waals surface area contributed by atoms with E-state index in [-0.39, 0.29) is 12.5 Å². The zero-order chi connectivity index (χ0) is 14.6. The van der Waals surface area contributed by atoms with E-state index < -0.39 is 0 Å². The second-order valence-electron chi connectivity index (χ2n) is 6.74. The number of aliphatic hydroxyl groups is 1. The minimum absolute atomic E-state index is 0.261. The van der Waals surface area contributed by atoms with Gasteiger partial charge in [-0.05, 0) is 43.5 Å². The number of hydrogen-bond donors (Lipinski definition) is 2. The van der Waals surface area contributed by atoms with Gasteiger partial charge in [-0.25, -0.2) is 0 Å². The molecule has 2 aromatic rings. The van der Waals surface area contributed by atoms with Gasteiger partial charge in [-0.15, -0.1) is 0 Å². The number of likely N-dealkylation sites (tertiary alicyclic amines) is 1. The average Bonchev–Trinajstić information content (AvgIpc) is 2.88. The lowest BCUT2D eigenvalue weighted by Crippen LogP contribution is -2.47. The van der Waals surface area contributed by atoms with Crippen LogP contribution < -0.4 is 0 Å². The molecule has 3 nitrogen and oxygen atoms in total. The number of nitrogens with zero attached hydrogens (tertiary/aromatic N) is 1. The van der Waals surface area contributed by atoms with Crippen molar-refractivity contribution in [2.45, 2.75) is 31.7 Å². The lowest BCUT2D eigenvalue weighted by molar-refractivity contribution is 0.0235. The highest BCUT2D eigenvalue weighted by molar-refractivity contribution is 5.86. The van der Waals surface area contributed by atoms with Gasteiger partial charge < -0.3 is 10.1 Å². The summed E-state index contributed by atoms with van der Waals surface area (Å²) in [6.07, 6.45) is 2.39. The molecular formula is C18H24N2O. The standard InChI is InChI=1S/C18H24N2O/c1-3-11-12-8-9-20(2)18(11)16-13-6-4-5-7-15(13)19-17(16)14(12)10-21/h4-7,11-12,14,18-19,21H,3,8-10H2,1-2H3/t11-,12-,14-,18+/m0/s1. The third kappa shape index (κ3) is 1.74. The zero-order valence-corrected chi connectivity index (χ0v) is 12.8. The average molecular weight is 284 g/mol. The molecule has 112 valence electrons. The molecule has 2 heterocycles. The van der Waals surface area contributed by atoms with Crippen LogP contribution in [0.4, 0.5) is 0 Å². The van der Waals surface area contributed by atoms with E-state index in [1.54, 1.807) is 0 Å². The summed E-state index contributed by atoms with van der Waals surface area (Å²) in [5.74, 6) is 1.55. The van der Waals surface area contributed by atoms with Crippen LogP contribution >= 0.6 is 0 Å². The number of H-pyrrole nitrogens is 1. The Kier molecular flexibility index (Phi) is 3.09. The number of rotatable bonds is 2. The lowest BCUT2D eigenvalue weighted by atomic mass is 9.64. The van der Waals surface area contributed by atoms with Gasteiger partial charge in [-0.2, -0.15) is 0 Å². The molecule has 2 bridgehead atoms. The molecule has 4 atom stereocenters. The van der Waals surface area contributed by atoms with Crippen molar-refractivity contribution in [1.82, 2.24) is 9.88 Å². The van der Waals surface area contributed by atoms with E-state index in [1.807, 2.05) is 0 Å². The number of nitrogens with one attached hydrogen (secondary N) is 1. The molecule has 3 heteroatoms. The molecule has 0 spiro atoms. The van der Waals surface area contributed by atoms with Crippen molar-refractivity contribution in [3.05, 3.63) is 35.5 Å². The summed E-state index contributed by atoms with van der Waals surface area (Å²) in [6, 6.07) is 9.11. The Hall–Kier alpha value is -1.32. The van der Waals surface area contributed by atoms with Crippen molar-refractivity contribution in [3.63, 3.8) is 0 Å². The second-order valence-corrected chi connectivity index (χ2v) is 6.74. The van der Waals surface area contributed by atoms with Gasteiger partial charge in [-0.3, -0.25) is 4.90 Å². The molecule has 1 aromatic heterocycles. The Morgan fingerprint density at radius 1 is 1.33 bits per heavy atom. The highest BCUT2D eigenvalue weighted by Crippen LogP contribution is 2.54. The Bertz CT molecular complexity index is 662. The van der Waals surface area contributed by atoms with Crippen LogP contribution in [0.1, 0.15) is 43.0 Å². The van der Waals surface area contributed by atoms with E-state index in [2.05, 4.69) is 48.1 Å². The monoisotopic (exact) mass is 284 g/mol. The fraction of sp³-hybridized carbons (Fsp3) is 0.556. The number of piperidine rings is 1. The molecule has 0 unspecified atom stereocenters. The van der Waals surface area contributed by atoms with Gasteiger partial charge in [0.05, 0.1) is 6.61 Å². The molecule has 1 aliphatic carbocycles. The summed E-state index contributed by atoms with van der Waals surface area (Å²) < 4.78 is 0. The van der Waals surface area contributed by atoms with Crippen molar-refractivity contribution in [2.75, 3.05) is 20.2 Å². The van der Waals surface area contributed by atoms with Crippen LogP contribution in [-0.4, -0.2) is 35.2 Å². The van der Waals surface area contributed by atoms with Gasteiger partial charge in [0, 0.05) is 28.6 Å². The van der Waals surface area contributed by atoms with Crippen LogP contribution in [0.3, 0.4) is 0 Å². The van der Waals surface area contributed by atoms with Crippen LogP contribution in [-0.2, 0) is 0 Å². The lowest BCUT2D eigenvalue weighted by Gasteiger charge is -2.50. The topological polar surface area (TPSA) is 39.3 Å². The van der Waals surface area contributed by atoms with E-state index in [1.165, 1.54) is 35.0 Å². The van der Waals surface area contributed by atoms with E-state index in [0.717, 1.165) is 6.54 Å². The first kappa shape index (κ1) is 13.4. The molecular weight excluding hydrogens is 260 g/mol. The van der Waals surface area contributed by atoms with Crippen LogP contribution in [0.25, 0.3) is 10.9 Å². The van der Waals surface area contributed by atoms with Gasteiger partial charge >= 0.3 is 0 Å². The number of aliphatic hydroxyl groups excluding tert-OH is 1. The predicted molar refractivity (Wildman–Crippen MR) is 85.4 cm³/mol. The van der Waals surface area contributed by atoms with Gasteiger partial charge in [0.25, 0.3) is 0 Å². The fourth-order valence-corrected chi connectivity index (χ4v) is 4.96. The molecule has 4 rings (SSSR count). The molecule has 1 aromatic carbocycles. The van der Waals surface area contributed by atoms with Gasteiger partial charge in [0.1, 0.15) is 0 Å². The van der Waals surface area contributed by atoms with E-state index in [4.69, 9.17) is 0 Å². The van der Waals surface area contributed by atoms with Gasteiger partial charge in [-0.1, -0.05) is 31.5 Å². The highest BCUT2D eigenvalue weighted by Gasteiger charge is 2.47. The first-order chi connectivity index (χ1) is 10.3. The van der Waals surface area contributed by atoms with Crippen LogP contribution in [0.5, 0.6) is 0 Å². The normalized spacial score (nSPS) is 32.3. The summed E-state index contributed by atoms with van der Waals surface area (Å²) in [4.78, 5) is 6.15. The molecule has 0 amide bonds. The summed E-state index contributed by atoms with van der Waals surface area (Å²) in [7, 11) is 2.26. The highest BCUT2D eigenvalue weighted by atomic mass is 16.3. The maximum Gasteiger partial charge on any atom is 0.0516 e. The Balaban J connectivity index is 2.00. The van der Waals surface area contributed by atoms with Crippen molar-refractivity contribution in [3.8, 4) is 0 Å². The summed E-state index contributed by atoms with van der Waals surface area (Å²) in [6.45, 7) is 3.71. The van der Waals surface area contributed by atoms with Crippen molar-refractivity contribution in [2.24, 2.45) is 11.8 Å². The fourth-order valence-electron chi connectivity index (χ4n) is 4.96. The zero-order valence-electron chi connectivity index (χ0n) is 12.8. The van der Waals surface area contributed by atoms with Crippen LogP contribution in [0.15, 0.2) is 24.3 Å². The minimum Gasteiger partial charge on any atom is -0.396 e. The summed E-state index contributed by atoms with van der Waals surface area (Å²) in [5, 5.41) is 11.4. The molecule has 1 saturated heterocycles. The Labute approximate surface area is 126 Å². The van der Waals surface area contributed by atoms with Gasteiger partial charge in [0.2, 0.25) is 0 Å². The molecule has 1 aliphatic heterocycles. The summed E-state index contributed by atoms with van der Waals surface area (Å²) in [5.41, 5.74) is 3.97. The maximum absolute atomic E-state index is 10.0. The van der Waals surface area contributed by atoms with E-state index >= 15 is 0 Å². The number of fused-ring (bicyclic) bond motifs is 6. The quantitative estimate of drug-likeness (QED) is 0.888. The molecule has 2 aliphatic rings. The Morgan fingerprint density at radius 2 is 2.14 bits per heavy atom. The molecule has 1 fully saturated rings. The number of hydrogen-bond acceptors (Lipinski definition) is 2. The van der Waals surface area contributed by atoms with Crippen LogP contribution in [0.2, 0.25) is 0 Å². The number of para-hydroxylation sites is 1. The minimum atomic E-state index is 0.261. The number of aromatic amines is 1. The van der Waals surface area contributed by atoms with Crippen LogP contribution in [0, 0.1) is 11.8 Å². The van der Waals surface area contributed by atoms with Gasteiger partial charge in [0.15, 0.2) is 0 Å². The smallest absolute Gasteiger partial charge is 0.0516 e. The summed E-state index contributed by atoms with van der Waals surface area (Å²) >= 11 is 0. The van der Waals surface area contributed by atoms with E-state index in [0.29, 0.717) is 17.9 Å². The first-order valence-corrected chi connectivity index (χ1v) is 8.17. The first-order valence-electron chi connectivity index (χ1n) is 8.17. The molecule has 0 saturated carbocycles. The number of aromatic nitrogens is 1. The largest absolute Gasteiger partial charge is 0.396 e. The molecule has 0 radical (unpaired) electrons. The third-order valence-corrected chi connectivity index (χ3v) is 5.87. The third-order valence-electron chi connectivity index (χ3n) is 5.87. The van der Waals surface area contributed by atoms with E-state index in [9.17, 15) is 5.11 Å². The Morgan fingerprint density at radius 3 is 2.90 bits per heavy atom. The molecule has 21 heavy (non-hydrogen) atoms.